The number of fused-ring (bicyclic) bond motifs is 1. The largest absolute Gasteiger partial charge is 0.344 e. The zero-order chi connectivity index (χ0) is 31.6. The number of amides is 1. The molecule has 3 heterocycles. The van der Waals surface area contributed by atoms with E-state index < -0.39 is 10.0 Å². The van der Waals surface area contributed by atoms with E-state index in [0.717, 1.165) is 44.3 Å². The minimum Gasteiger partial charge on any atom is -0.344 e. The number of carbonyl (C=O) groups is 1. The number of sulfonamides is 1. The molecule has 1 fully saturated rings. The highest BCUT2D eigenvalue weighted by atomic mass is 35.5. The first-order chi connectivity index (χ1) is 20.9. The van der Waals surface area contributed by atoms with E-state index in [1.54, 1.807) is 36.9 Å². The van der Waals surface area contributed by atoms with Gasteiger partial charge in [0, 0.05) is 48.2 Å². The number of nitrogens with one attached hydrogen (secondary N) is 1. The molecule has 1 aliphatic rings. The van der Waals surface area contributed by atoms with Crippen molar-refractivity contribution in [2.75, 3.05) is 52.0 Å². The van der Waals surface area contributed by atoms with Crippen LogP contribution in [0.15, 0.2) is 65.0 Å². The Bertz CT molecular complexity index is 1730. The minimum atomic E-state index is -3.89. The summed E-state index contributed by atoms with van der Waals surface area (Å²) >= 11 is 8.05. The van der Waals surface area contributed by atoms with Crippen molar-refractivity contribution in [2.45, 2.75) is 50.1 Å². The van der Waals surface area contributed by atoms with Crippen molar-refractivity contribution in [3.63, 3.8) is 0 Å². The zero-order valence-corrected chi connectivity index (χ0v) is 28.5. The van der Waals surface area contributed by atoms with E-state index in [4.69, 9.17) is 11.6 Å². The van der Waals surface area contributed by atoms with Crippen LogP contribution < -0.4 is 4.72 Å². The molecule has 1 saturated heterocycles. The molecule has 0 aliphatic carbocycles. The second-order valence-electron chi connectivity index (χ2n) is 12.1. The normalized spacial score (nSPS) is 15.6. The Labute approximate surface area is 270 Å². The molecule has 44 heavy (non-hydrogen) atoms. The van der Waals surface area contributed by atoms with Crippen LogP contribution >= 0.6 is 22.9 Å². The maximum absolute atomic E-state index is 13.4. The summed E-state index contributed by atoms with van der Waals surface area (Å²) < 4.78 is 31.4. The maximum Gasteiger partial charge on any atom is 0.262 e. The molecule has 8 nitrogen and oxygen atoms in total. The summed E-state index contributed by atoms with van der Waals surface area (Å²) in [4.78, 5) is 21.6. The zero-order valence-electron chi connectivity index (χ0n) is 26.1. The molecular formula is C33H42ClN5O3S2. The second-order valence-corrected chi connectivity index (χ2v) is 15.1. The van der Waals surface area contributed by atoms with Gasteiger partial charge >= 0.3 is 0 Å². The molecule has 2 aromatic carbocycles. The molecule has 0 unspecified atom stereocenters. The Hall–Kier alpha value is -2.89. The fraction of sp³-hybridized carbons (Fsp3) is 0.424. The Morgan fingerprint density at radius 1 is 1.05 bits per heavy atom. The first-order valence-electron chi connectivity index (χ1n) is 15.0. The number of hydrogen-bond acceptors (Lipinski definition) is 6. The maximum atomic E-state index is 13.4. The number of hydrogen-bond donors (Lipinski definition) is 1. The van der Waals surface area contributed by atoms with E-state index in [0.29, 0.717) is 33.9 Å². The van der Waals surface area contributed by atoms with Crippen molar-refractivity contribution < 1.29 is 13.2 Å². The Balaban J connectivity index is 1.20. The SMILES string of the molecule is Cc1cc(S(=O)(=O)Nc2cccc3ccn(CC(=O)N(C)CCCN4CCC(c5cccs5)(N(C)C)CC4)c23)c(C)cc1Cl. The number of piperidine rings is 1. The molecule has 0 bridgehead atoms. The summed E-state index contributed by atoms with van der Waals surface area (Å²) in [6.45, 7) is 7.32. The van der Waals surface area contributed by atoms with E-state index >= 15 is 0 Å². The summed E-state index contributed by atoms with van der Waals surface area (Å²) in [5.74, 6) is -0.0210. The summed E-state index contributed by atoms with van der Waals surface area (Å²) in [7, 11) is 2.32. The van der Waals surface area contributed by atoms with E-state index in [1.807, 2.05) is 47.3 Å². The van der Waals surface area contributed by atoms with Crippen molar-refractivity contribution in [3.05, 3.63) is 81.1 Å². The van der Waals surface area contributed by atoms with Crippen molar-refractivity contribution in [2.24, 2.45) is 0 Å². The molecule has 4 aromatic rings. The molecule has 1 aliphatic heterocycles. The van der Waals surface area contributed by atoms with Gasteiger partial charge in [-0.05, 0) is 101 Å². The van der Waals surface area contributed by atoms with Gasteiger partial charge in [0.15, 0.2) is 0 Å². The molecule has 2 aromatic heterocycles. The number of anilines is 1. The topological polar surface area (TPSA) is 77.9 Å². The number of benzene rings is 2. The highest BCUT2D eigenvalue weighted by Crippen LogP contribution is 2.39. The van der Waals surface area contributed by atoms with Crippen LogP contribution in [0.25, 0.3) is 10.9 Å². The molecule has 0 atom stereocenters. The predicted octanol–water partition coefficient (Wildman–Crippen LogP) is 6.18. The average Bonchev–Trinajstić information content (AvgIpc) is 3.66. The van der Waals surface area contributed by atoms with Gasteiger partial charge in [-0.3, -0.25) is 14.4 Å². The summed E-state index contributed by atoms with van der Waals surface area (Å²) in [5.41, 5.74) is 2.46. The van der Waals surface area contributed by atoms with Crippen molar-refractivity contribution >= 4 is 55.5 Å². The Kier molecular flexibility index (Phi) is 9.77. The van der Waals surface area contributed by atoms with E-state index in [2.05, 4.69) is 46.1 Å². The average molecular weight is 656 g/mol. The van der Waals surface area contributed by atoms with Crippen LogP contribution in [0.1, 0.15) is 35.3 Å². The van der Waals surface area contributed by atoms with Crippen LogP contribution in [0, 0.1) is 13.8 Å². The van der Waals surface area contributed by atoms with Crippen molar-refractivity contribution in [1.82, 2.24) is 19.3 Å². The van der Waals surface area contributed by atoms with Gasteiger partial charge < -0.3 is 14.4 Å². The summed E-state index contributed by atoms with van der Waals surface area (Å²) in [5, 5.41) is 3.54. The number of halogens is 1. The first-order valence-corrected chi connectivity index (χ1v) is 17.7. The highest BCUT2D eigenvalue weighted by molar-refractivity contribution is 7.92. The number of nitrogens with zero attached hydrogens (tertiary/aromatic N) is 4. The number of aryl methyl sites for hydroxylation is 2. The molecular weight excluding hydrogens is 614 g/mol. The van der Waals surface area contributed by atoms with Gasteiger partial charge in [0.05, 0.1) is 21.6 Å². The number of thiophene rings is 1. The lowest BCUT2D eigenvalue weighted by Crippen LogP contribution is -2.50. The highest BCUT2D eigenvalue weighted by Gasteiger charge is 2.38. The van der Waals surface area contributed by atoms with Crippen molar-refractivity contribution in [3.8, 4) is 0 Å². The number of likely N-dealkylation sites (tertiary alicyclic amines) is 1. The molecule has 0 spiro atoms. The third-order valence-electron chi connectivity index (χ3n) is 9.00. The lowest BCUT2D eigenvalue weighted by Gasteiger charge is -2.46. The van der Waals surface area contributed by atoms with Crippen LogP contribution in [-0.2, 0) is 26.9 Å². The fourth-order valence-electron chi connectivity index (χ4n) is 6.25. The number of likely N-dealkylation sites (N-methyl/N-ethyl adjacent to an activating group) is 1. The van der Waals surface area contributed by atoms with Crippen LogP contribution in [-0.4, -0.2) is 80.9 Å². The lowest BCUT2D eigenvalue weighted by atomic mass is 9.84. The fourth-order valence-corrected chi connectivity index (χ4v) is 8.91. The van der Waals surface area contributed by atoms with E-state index in [-0.39, 0.29) is 22.9 Å². The first kappa shape index (κ1) is 32.5. The second kappa shape index (κ2) is 13.2. The van der Waals surface area contributed by atoms with E-state index in [9.17, 15) is 13.2 Å². The van der Waals surface area contributed by atoms with Gasteiger partial charge in [0.1, 0.15) is 6.54 Å². The lowest BCUT2D eigenvalue weighted by molar-refractivity contribution is -0.130. The number of rotatable bonds is 11. The molecule has 11 heteroatoms. The molecule has 1 N–H and O–H groups in total. The molecule has 0 radical (unpaired) electrons. The smallest absolute Gasteiger partial charge is 0.262 e. The quantitative estimate of drug-likeness (QED) is 0.209. The monoisotopic (exact) mass is 655 g/mol. The molecule has 236 valence electrons. The Morgan fingerprint density at radius 3 is 2.48 bits per heavy atom. The van der Waals surface area contributed by atoms with Gasteiger partial charge in [-0.25, -0.2) is 8.42 Å². The minimum absolute atomic E-state index is 0.0210. The van der Waals surface area contributed by atoms with Gasteiger partial charge in [0.25, 0.3) is 10.0 Å². The van der Waals surface area contributed by atoms with Crippen molar-refractivity contribution in [1.29, 1.82) is 0 Å². The number of carbonyl (C=O) groups excluding carboxylic acids is 1. The standard InChI is InChI=1S/C33H42ClN5O3S2/c1-24-22-29(25(2)21-27(24)34)44(41,42)35-28-10-6-9-26-12-17-39(32(26)28)23-31(40)37(5)15-8-16-38-18-13-33(14-19-38,36(3)4)30-11-7-20-43-30/h6-7,9-12,17,20-22,35H,8,13-16,18-19,23H2,1-5H3. The molecule has 1 amide bonds. The van der Waals surface area contributed by atoms with Crippen LogP contribution in [0.5, 0.6) is 0 Å². The summed E-state index contributed by atoms with van der Waals surface area (Å²) in [6.07, 6.45) is 4.93. The van der Waals surface area contributed by atoms with Gasteiger partial charge in [-0.1, -0.05) is 29.8 Å². The van der Waals surface area contributed by atoms with Crippen LogP contribution in [0.3, 0.4) is 0 Å². The van der Waals surface area contributed by atoms with Crippen LogP contribution in [0.4, 0.5) is 5.69 Å². The van der Waals surface area contributed by atoms with Gasteiger partial charge in [0.2, 0.25) is 5.91 Å². The number of aromatic nitrogens is 1. The van der Waals surface area contributed by atoms with Crippen LogP contribution in [0.2, 0.25) is 5.02 Å². The third kappa shape index (κ3) is 6.70. The Morgan fingerprint density at radius 2 is 1.80 bits per heavy atom. The number of para-hydroxylation sites is 1. The molecule has 0 saturated carbocycles. The predicted molar refractivity (Wildman–Crippen MR) is 181 cm³/mol. The van der Waals surface area contributed by atoms with Gasteiger partial charge in [-0.2, -0.15) is 0 Å². The third-order valence-corrected chi connectivity index (χ3v) is 12.0. The van der Waals surface area contributed by atoms with E-state index in [1.165, 1.54) is 4.88 Å². The summed E-state index contributed by atoms with van der Waals surface area (Å²) in [6, 6.07) is 15.0. The molecule has 5 rings (SSSR count). The van der Waals surface area contributed by atoms with Gasteiger partial charge in [-0.15, -0.1) is 11.3 Å².